The predicted octanol–water partition coefficient (Wildman–Crippen LogP) is 2.50. The summed E-state index contributed by atoms with van der Waals surface area (Å²) in [7, 11) is 0. The molecule has 0 fully saturated rings. The van der Waals surface area contributed by atoms with Gasteiger partial charge in [0.05, 0.1) is 0 Å². The highest BCUT2D eigenvalue weighted by molar-refractivity contribution is 6.29. The lowest BCUT2D eigenvalue weighted by Crippen LogP contribution is -2.30. The molecule has 0 aromatic carbocycles. The highest BCUT2D eigenvalue weighted by Gasteiger charge is 2.25. The maximum Gasteiger partial charge on any atom is 0.231 e. The first-order valence-corrected chi connectivity index (χ1v) is 5.14. The van der Waals surface area contributed by atoms with Crippen molar-refractivity contribution < 1.29 is 4.79 Å². The normalized spacial score (nSPS) is 11.2. The second-order valence-corrected chi connectivity index (χ2v) is 4.32. The highest BCUT2D eigenvalue weighted by atomic mass is 35.5. The Bertz CT molecular complexity index is 348. The van der Waals surface area contributed by atoms with Gasteiger partial charge in [-0.3, -0.25) is 4.79 Å². The fourth-order valence-corrected chi connectivity index (χ4v) is 0.930. The van der Waals surface area contributed by atoms with E-state index in [2.05, 4.69) is 15.5 Å². The van der Waals surface area contributed by atoms with E-state index in [1.54, 1.807) is 12.1 Å². The topological polar surface area (TPSA) is 54.9 Å². The molecule has 4 nitrogen and oxygen atoms in total. The lowest BCUT2D eigenvalue weighted by molar-refractivity contribution is -0.124. The van der Waals surface area contributed by atoms with Crippen LogP contribution in [0.4, 0.5) is 5.82 Å². The molecule has 0 aliphatic carbocycles. The number of amides is 1. The molecular weight excluding hydrogens is 214 g/mol. The van der Waals surface area contributed by atoms with Crippen LogP contribution in [0.15, 0.2) is 12.1 Å². The monoisotopic (exact) mass is 227 g/mol. The zero-order valence-corrected chi connectivity index (χ0v) is 9.80. The van der Waals surface area contributed by atoms with Crippen molar-refractivity contribution in [3.63, 3.8) is 0 Å². The smallest absolute Gasteiger partial charge is 0.231 e. The van der Waals surface area contributed by atoms with E-state index in [1.807, 2.05) is 20.8 Å². The van der Waals surface area contributed by atoms with Crippen molar-refractivity contribution >= 4 is 23.3 Å². The molecule has 1 aromatic heterocycles. The van der Waals surface area contributed by atoms with Gasteiger partial charge >= 0.3 is 0 Å². The molecule has 0 saturated carbocycles. The molecule has 0 saturated heterocycles. The fourth-order valence-electron chi connectivity index (χ4n) is 0.829. The van der Waals surface area contributed by atoms with Gasteiger partial charge in [0.1, 0.15) is 0 Å². The van der Waals surface area contributed by atoms with Crippen LogP contribution in [0.5, 0.6) is 0 Å². The number of anilines is 1. The molecule has 0 radical (unpaired) electrons. The van der Waals surface area contributed by atoms with Crippen LogP contribution in [0.2, 0.25) is 5.15 Å². The number of rotatable bonds is 3. The molecule has 15 heavy (non-hydrogen) atoms. The molecule has 0 spiro atoms. The molecule has 0 aliphatic rings. The van der Waals surface area contributed by atoms with Crippen LogP contribution >= 0.6 is 11.6 Å². The summed E-state index contributed by atoms with van der Waals surface area (Å²) in [4.78, 5) is 11.7. The van der Waals surface area contributed by atoms with Gasteiger partial charge in [0.15, 0.2) is 11.0 Å². The minimum absolute atomic E-state index is 0.0679. The van der Waals surface area contributed by atoms with Crippen LogP contribution in [0.1, 0.15) is 27.2 Å². The summed E-state index contributed by atoms with van der Waals surface area (Å²) < 4.78 is 0. The van der Waals surface area contributed by atoms with Gasteiger partial charge in [0.2, 0.25) is 5.91 Å². The number of hydrogen-bond donors (Lipinski definition) is 1. The Hall–Kier alpha value is -1.16. The van der Waals surface area contributed by atoms with Crippen molar-refractivity contribution in [1.82, 2.24) is 10.2 Å². The molecule has 0 aliphatic heterocycles. The Morgan fingerprint density at radius 1 is 1.47 bits per heavy atom. The minimum Gasteiger partial charge on any atom is -0.309 e. The maximum atomic E-state index is 11.7. The van der Waals surface area contributed by atoms with Gasteiger partial charge in [-0.15, -0.1) is 10.2 Å². The van der Waals surface area contributed by atoms with Gasteiger partial charge < -0.3 is 5.32 Å². The van der Waals surface area contributed by atoms with Gasteiger partial charge in [-0.2, -0.15) is 0 Å². The molecule has 0 atom stereocenters. The largest absolute Gasteiger partial charge is 0.309 e. The van der Waals surface area contributed by atoms with Crippen molar-refractivity contribution in [1.29, 1.82) is 0 Å². The third-order valence-electron chi connectivity index (χ3n) is 2.37. The van der Waals surface area contributed by atoms with Crippen LogP contribution in [-0.2, 0) is 4.79 Å². The van der Waals surface area contributed by atoms with Crippen LogP contribution in [0, 0.1) is 5.41 Å². The third-order valence-corrected chi connectivity index (χ3v) is 2.57. The summed E-state index contributed by atoms with van der Waals surface area (Å²) in [5.41, 5.74) is -0.401. The standard InChI is InChI=1S/C10H14ClN3O/c1-4-10(2,3)9(15)12-8-6-5-7(11)13-14-8/h5-6H,4H2,1-3H3,(H,12,14,15). The molecular formula is C10H14ClN3O. The fraction of sp³-hybridized carbons (Fsp3) is 0.500. The molecule has 5 heteroatoms. The lowest BCUT2D eigenvalue weighted by atomic mass is 9.89. The molecule has 1 aromatic rings. The highest BCUT2D eigenvalue weighted by Crippen LogP contribution is 2.21. The first-order chi connectivity index (χ1) is 6.95. The number of carbonyl (C=O) groups is 1. The average Bonchev–Trinajstić information content (AvgIpc) is 2.21. The molecule has 1 heterocycles. The van der Waals surface area contributed by atoms with Crippen LogP contribution in [-0.4, -0.2) is 16.1 Å². The second-order valence-electron chi connectivity index (χ2n) is 3.93. The molecule has 82 valence electrons. The first kappa shape index (κ1) is 11.9. The Balaban J connectivity index is 2.71. The number of hydrogen-bond acceptors (Lipinski definition) is 3. The van der Waals surface area contributed by atoms with E-state index in [0.29, 0.717) is 11.0 Å². The quantitative estimate of drug-likeness (QED) is 0.863. The number of aromatic nitrogens is 2. The van der Waals surface area contributed by atoms with Gasteiger partial charge in [-0.05, 0) is 18.6 Å². The predicted molar refractivity (Wildman–Crippen MR) is 59.7 cm³/mol. The van der Waals surface area contributed by atoms with Gasteiger partial charge in [-0.25, -0.2) is 0 Å². The van der Waals surface area contributed by atoms with Crippen molar-refractivity contribution in [2.75, 3.05) is 5.32 Å². The number of carbonyl (C=O) groups excluding carboxylic acids is 1. The number of halogens is 1. The Labute approximate surface area is 94.0 Å². The van der Waals surface area contributed by atoms with Crippen molar-refractivity contribution in [2.45, 2.75) is 27.2 Å². The zero-order valence-electron chi connectivity index (χ0n) is 9.04. The van der Waals surface area contributed by atoms with Gasteiger partial charge in [0, 0.05) is 5.41 Å². The molecule has 1 rings (SSSR count). The van der Waals surface area contributed by atoms with E-state index in [9.17, 15) is 4.79 Å². The summed E-state index contributed by atoms with van der Waals surface area (Å²) in [6.07, 6.45) is 0.764. The summed E-state index contributed by atoms with van der Waals surface area (Å²) in [5, 5.41) is 10.4. The Morgan fingerprint density at radius 2 is 2.13 bits per heavy atom. The molecule has 0 unspecified atom stereocenters. The lowest BCUT2D eigenvalue weighted by Gasteiger charge is -2.20. The van der Waals surface area contributed by atoms with Crippen molar-refractivity contribution in [3.05, 3.63) is 17.3 Å². The SMILES string of the molecule is CCC(C)(C)C(=O)Nc1ccc(Cl)nn1. The average molecular weight is 228 g/mol. The van der Waals surface area contributed by atoms with E-state index in [4.69, 9.17) is 11.6 Å². The van der Waals surface area contributed by atoms with E-state index in [0.717, 1.165) is 6.42 Å². The van der Waals surface area contributed by atoms with Crippen LogP contribution < -0.4 is 5.32 Å². The Kier molecular flexibility index (Phi) is 3.63. The van der Waals surface area contributed by atoms with Crippen LogP contribution in [0.3, 0.4) is 0 Å². The summed E-state index contributed by atoms with van der Waals surface area (Å²) >= 11 is 5.58. The van der Waals surface area contributed by atoms with E-state index < -0.39 is 5.41 Å². The van der Waals surface area contributed by atoms with Gasteiger partial charge in [0.25, 0.3) is 0 Å². The second kappa shape index (κ2) is 4.57. The Morgan fingerprint density at radius 3 is 2.60 bits per heavy atom. The van der Waals surface area contributed by atoms with E-state index in [1.165, 1.54) is 0 Å². The molecule has 0 bridgehead atoms. The van der Waals surface area contributed by atoms with Crippen LogP contribution in [0.25, 0.3) is 0 Å². The first-order valence-electron chi connectivity index (χ1n) is 4.76. The number of nitrogens with one attached hydrogen (secondary N) is 1. The summed E-state index contributed by atoms with van der Waals surface area (Å²) in [6, 6.07) is 3.21. The number of nitrogens with zero attached hydrogens (tertiary/aromatic N) is 2. The van der Waals surface area contributed by atoms with Crippen molar-refractivity contribution in [3.8, 4) is 0 Å². The van der Waals surface area contributed by atoms with Crippen molar-refractivity contribution in [2.24, 2.45) is 5.41 Å². The molecule has 1 N–H and O–H groups in total. The zero-order chi connectivity index (χ0) is 11.5. The minimum atomic E-state index is -0.401. The van der Waals surface area contributed by atoms with E-state index >= 15 is 0 Å². The third kappa shape index (κ3) is 3.16. The maximum absolute atomic E-state index is 11.7. The summed E-state index contributed by atoms with van der Waals surface area (Å²) in [6.45, 7) is 5.73. The van der Waals surface area contributed by atoms with E-state index in [-0.39, 0.29) is 5.91 Å². The summed E-state index contributed by atoms with van der Waals surface area (Å²) in [5.74, 6) is 0.354. The van der Waals surface area contributed by atoms with Gasteiger partial charge in [-0.1, -0.05) is 32.4 Å². The molecule has 1 amide bonds.